The summed E-state index contributed by atoms with van der Waals surface area (Å²) >= 11 is 0. The van der Waals surface area contributed by atoms with Crippen LogP contribution in [0.2, 0.25) is 0 Å². The normalized spacial score (nSPS) is 34.8. The zero-order chi connectivity index (χ0) is 20.0. The smallest absolute Gasteiger partial charge is 0.311 e. The Morgan fingerprint density at radius 2 is 1.97 bits per heavy atom. The molecule has 0 aromatic carbocycles. The number of allylic oxidation sites excluding steroid dienone is 3. The Hall–Kier alpha value is -2.21. The van der Waals surface area contributed by atoms with Gasteiger partial charge >= 0.3 is 5.97 Å². The second-order valence-electron chi connectivity index (χ2n) is 9.27. The summed E-state index contributed by atoms with van der Waals surface area (Å²) in [6.07, 6.45) is 11.6. The fourth-order valence-corrected chi connectivity index (χ4v) is 5.70. The molecule has 4 aliphatic rings. The number of piperazine rings is 1. The Balaban J connectivity index is 1.28. The maximum Gasteiger partial charge on any atom is 0.311 e. The summed E-state index contributed by atoms with van der Waals surface area (Å²) in [6, 6.07) is 1.84. The minimum Gasteiger partial charge on any atom is -0.461 e. The van der Waals surface area contributed by atoms with E-state index in [1.165, 1.54) is 11.1 Å². The monoisotopic (exact) mass is 394 g/mol. The molecule has 2 saturated heterocycles. The zero-order valence-electron chi connectivity index (χ0n) is 17.4. The van der Waals surface area contributed by atoms with Crippen LogP contribution in [-0.2, 0) is 9.53 Å². The van der Waals surface area contributed by atoms with Crippen LogP contribution < -0.4 is 4.90 Å². The van der Waals surface area contributed by atoms with Gasteiger partial charge in [0.05, 0.1) is 5.92 Å². The number of anilines is 1. The Bertz CT molecular complexity index is 844. The number of ether oxygens (including phenoxy) is 1. The molecule has 5 rings (SSSR count). The first-order valence-electron chi connectivity index (χ1n) is 10.9. The first-order chi connectivity index (χ1) is 14.0. The molecule has 0 radical (unpaired) electrons. The summed E-state index contributed by atoms with van der Waals surface area (Å²) in [6.45, 7) is 8.98. The molecule has 6 heteroatoms. The van der Waals surface area contributed by atoms with Crippen LogP contribution in [0.25, 0.3) is 0 Å². The molecule has 6 nitrogen and oxygen atoms in total. The maximum atomic E-state index is 12.8. The van der Waals surface area contributed by atoms with Crippen LogP contribution in [0.5, 0.6) is 0 Å². The van der Waals surface area contributed by atoms with E-state index in [0.717, 1.165) is 57.9 Å². The largest absolute Gasteiger partial charge is 0.461 e. The number of carbonyl (C=O) groups is 1. The molecular weight excluding hydrogens is 364 g/mol. The van der Waals surface area contributed by atoms with Gasteiger partial charge in [0.25, 0.3) is 0 Å². The highest BCUT2D eigenvalue weighted by Gasteiger charge is 2.51. The average molecular weight is 395 g/mol. The molecule has 2 fully saturated rings. The minimum absolute atomic E-state index is 0.00504. The van der Waals surface area contributed by atoms with Crippen molar-refractivity contribution in [3.05, 3.63) is 41.8 Å². The van der Waals surface area contributed by atoms with E-state index in [1.54, 1.807) is 12.4 Å². The lowest BCUT2D eigenvalue weighted by atomic mass is 9.62. The molecule has 4 atom stereocenters. The van der Waals surface area contributed by atoms with E-state index in [9.17, 15) is 4.79 Å². The molecule has 2 aliphatic heterocycles. The molecule has 3 heterocycles. The van der Waals surface area contributed by atoms with Crippen LogP contribution in [0.3, 0.4) is 0 Å². The number of rotatable bonds is 3. The fraction of sp³-hybridized carbons (Fsp3) is 0.609. The van der Waals surface area contributed by atoms with Crippen molar-refractivity contribution in [2.75, 3.05) is 37.6 Å². The lowest BCUT2D eigenvalue weighted by molar-refractivity contribution is -0.145. The van der Waals surface area contributed by atoms with Crippen molar-refractivity contribution in [3.8, 4) is 0 Å². The molecule has 0 spiro atoms. The lowest BCUT2D eigenvalue weighted by Gasteiger charge is -2.43. The topological polar surface area (TPSA) is 58.6 Å². The third-order valence-electron chi connectivity index (χ3n) is 7.36. The molecule has 154 valence electrons. The van der Waals surface area contributed by atoms with Crippen molar-refractivity contribution in [2.24, 2.45) is 17.3 Å². The van der Waals surface area contributed by atoms with Gasteiger partial charge in [0, 0.05) is 51.0 Å². The van der Waals surface area contributed by atoms with E-state index in [2.05, 4.69) is 45.8 Å². The predicted octanol–water partition coefficient (Wildman–Crippen LogP) is 2.83. The Morgan fingerprint density at radius 3 is 2.72 bits per heavy atom. The third kappa shape index (κ3) is 3.37. The van der Waals surface area contributed by atoms with Crippen LogP contribution in [-0.4, -0.2) is 59.7 Å². The van der Waals surface area contributed by atoms with Crippen molar-refractivity contribution in [2.45, 2.75) is 39.2 Å². The molecule has 0 bridgehead atoms. The highest BCUT2D eigenvalue weighted by Crippen LogP contribution is 2.52. The molecule has 2 aliphatic carbocycles. The molecule has 1 unspecified atom stereocenters. The van der Waals surface area contributed by atoms with E-state index in [1.807, 2.05) is 6.07 Å². The van der Waals surface area contributed by atoms with Crippen molar-refractivity contribution in [3.63, 3.8) is 0 Å². The van der Waals surface area contributed by atoms with Crippen molar-refractivity contribution in [1.29, 1.82) is 0 Å². The summed E-state index contributed by atoms with van der Waals surface area (Å²) in [7, 11) is 0. The summed E-state index contributed by atoms with van der Waals surface area (Å²) in [4.78, 5) is 26.1. The highest BCUT2D eigenvalue weighted by molar-refractivity contribution is 5.76. The van der Waals surface area contributed by atoms with Gasteiger partial charge in [-0.1, -0.05) is 24.6 Å². The Morgan fingerprint density at radius 1 is 1.21 bits per heavy atom. The number of esters is 1. The number of hydrogen-bond donors (Lipinski definition) is 0. The molecule has 29 heavy (non-hydrogen) atoms. The van der Waals surface area contributed by atoms with Gasteiger partial charge in [-0.2, -0.15) is 0 Å². The van der Waals surface area contributed by atoms with Gasteiger partial charge in [0.1, 0.15) is 6.10 Å². The second kappa shape index (κ2) is 7.24. The highest BCUT2D eigenvalue weighted by atomic mass is 16.6. The van der Waals surface area contributed by atoms with Gasteiger partial charge in [0.2, 0.25) is 5.95 Å². The van der Waals surface area contributed by atoms with E-state index in [4.69, 9.17) is 4.74 Å². The SMILES string of the molecule is CC1=CCC[C@]2(C)C[C@H]3OC(=O)C(CN4CCN(c5ncccn5)CC4)[C@H]3C=C12. The molecule has 1 aromatic heterocycles. The zero-order valence-corrected chi connectivity index (χ0v) is 17.4. The molecule has 0 amide bonds. The Kier molecular flexibility index (Phi) is 4.69. The number of aromatic nitrogens is 2. The first kappa shape index (κ1) is 18.8. The van der Waals surface area contributed by atoms with Gasteiger partial charge < -0.3 is 9.64 Å². The molecule has 0 N–H and O–H groups in total. The van der Waals surface area contributed by atoms with Crippen molar-refractivity contribution in [1.82, 2.24) is 14.9 Å². The van der Waals surface area contributed by atoms with Gasteiger partial charge in [-0.05, 0) is 43.2 Å². The lowest BCUT2D eigenvalue weighted by Crippen LogP contribution is -2.49. The van der Waals surface area contributed by atoms with E-state index >= 15 is 0 Å². The predicted molar refractivity (Wildman–Crippen MR) is 111 cm³/mol. The third-order valence-corrected chi connectivity index (χ3v) is 7.36. The fourth-order valence-electron chi connectivity index (χ4n) is 5.70. The van der Waals surface area contributed by atoms with Crippen molar-refractivity contribution < 1.29 is 9.53 Å². The summed E-state index contributed by atoms with van der Waals surface area (Å²) in [5.74, 6) is 0.951. The molecule has 0 saturated carbocycles. The van der Waals surface area contributed by atoms with Gasteiger partial charge in [-0.15, -0.1) is 0 Å². The van der Waals surface area contributed by atoms with Crippen LogP contribution in [0.15, 0.2) is 41.8 Å². The van der Waals surface area contributed by atoms with Gasteiger partial charge in [-0.25, -0.2) is 9.97 Å². The van der Waals surface area contributed by atoms with Crippen LogP contribution in [0.1, 0.15) is 33.1 Å². The minimum atomic E-state index is -0.0497. The first-order valence-corrected chi connectivity index (χ1v) is 10.9. The second-order valence-corrected chi connectivity index (χ2v) is 9.27. The summed E-state index contributed by atoms with van der Waals surface area (Å²) in [5, 5.41) is 0. The number of hydrogen-bond acceptors (Lipinski definition) is 6. The van der Waals surface area contributed by atoms with E-state index < -0.39 is 0 Å². The quantitative estimate of drug-likeness (QED) is 0.735. The standard InChI is InChI=1S/C23H30N4O2/c1-16-5-3-6-23(2)14-20-17(13-19(16)23)18(21(28)29-20)15-26-9-11-27(12-10-26)22-24-7-4-8-25-22/h4-5,7-8,13,17-18,20H,3,6,9-12,14-15H2,1-2H3/t17-,18?,20-,23-/m1/s1. The van der Waals surface area contributed by atoms with Gasteiger partial charge in [0.15, 0.2) is 0 Å². The molecule has 1 aromatic rings. The number of fused-ring (bicyclic) bond motifs is 2. The summed E-state index contributed by atoms with van der Waals surface area (Å²) < 4.78 is 5.90. The van der Waals surface area contributed by atoms with Crippen molar-refractivity contribution >= 4 is 11.9 Å². The molecular formula is C23H30N4O2. The van der Waals surface area contributed by atoms with E-state index in [0.29, 0.717) is 0 Å². The van der Waals surface area contributed by atoms with Crippen LogP contribution in [0.4, 0.5) is 5.95 Å². The number of carbonyl (C=O) groups excluding carboxylic acids is 1. The Labute approximate surface area is 172 Å². The average Bonchev–Trinajstić information content (AvgIpc) is 3.01. The van der Waals surface area contributed by atoms with E-state index in [-0.39, 0.29) is 29.3 Å². The summed E-state index contributed by atoms with van der Waals surface area (Å²) in [5.41, 5.74) is 3.02. The maximum absolute atomic E-state index is 12.8. The van der Waals surface area contributed by atoms with Crippen LogP contribution >= 0.6 is 0 Å². The van der Waals surface area contributed by atoms with Crippen LogP contribution in [0, 0.1) is 17.3 Å². The van der Waals surface area contributed by atoms with Gasteiger partial charge in [-0.3, -0.25) is 9.69 Å². The number of nitrogens with zero attached hydrogens (tertiary/aromatic N) is 4.